The van der Waals surface area contributed by atoms with E-state index in [1.54, 1.807) is 18.3 Å². The molecule has 0 radical (unpaired) electrons. The molecule has 0 unspecified atom stereocenters. The minimum absolute atomic E-state index is 0.239. The topological polar surface area (TPSA) is 70.4 Å². The van der Waals surface area contributed by atoms with Gasteiger partial charge < -0.3 is 10.2 Å². The fourth-order valence-corrected chi connectivity index (χ4v) is 1.09. The molecule has 4 heteroatoms. The van der Waals surface area contributed by atoms with Crippen molar-refractivity contribution in [2.24, 2.45) is 0 Å². The van der Waals surface area contributed by atoms with Crippen molar-refractivity contribution in [2.45, 2.75) is 0 Å². The van der Waals surface area contributed by atoms with Crippen molar-refractivity contribution in [3.63, 3.8) is 0 Å². The standard InChI is InChI=1S/C9H7NO.C3H4O2/c11-8-5-1-3-7-4-2-6-10-9(7)8;1-2-3(4)5/h1-6,11H;2H,1H2,(H,4,5). The number of fused-ring (bicyclic) bond motifs is 1. The Labute approximate surface area is 92.5 Å². The van der Waals surface area contributed by atoms with Crippen molar-refractivity contribution in [2.75, 3.05) is 0 Å². The lowest BCUT2D eigenvalue weighted by Crippen LogP contribution is -1.82. The molecular weight excluding hydrogens is 206 g/mol. The van der Waals surface area contributed by atoms with Crippen molar-refractivity contribution in [1.82, 2.24) is 4.98 Å². The van der Waals surface area contributed by atoms with Crippen LogP contribution >= 0.6 is 0 Å². The normalized spacial score (nSPS) is 9.00. The number of carboxylic acid groups (broad SMARTS) is 1. The summed E-state index contributed by atoms with van der Waals surface area (Å²) in [4.78, 5) is 13.3. The number of aromatic nitrogens is 1. The quantitative estimate of drug-likeness (QED) is 0.718. The number of phenols is 1. The third kappa shape index (κ3) is 3.09. The molecule has 16 heavy (non-hydrogen) atoms. The number of pyridine rings is 1. The van der Waals surface area contributed by atoms with Gasteiger partial charge in [0.15, 0.2) is 0 Å². The van der Waals surface area contributed by atoms with Crippen LogP contribution < -0.4 is 0 Å². The number of carboxylic acids is 1. The summed E-state index contributed by atoms with van der Waals surface area (Å²) in [5, 5.41) is 17.9. The summed E-state index contributed by atoms with van der Waals surface area (Å²) in [5.41, 5.74) is 0.662. The second-order valence-electron chi connectivity index (χ2n) is 2.89. The predicted molar refractivity (Wildman–Crippen MR) is 61.2 cm³/mol. The molecule has 0 saturated carbocycles. The number of aliphatic carboxylic acids is 1. The van der Waals surface area contributed by atoms with Crippen LogP contribution in [0.5, 0.6) is 5.75 Å². The highest BCUT2D eigenvalue weighted by molar-refractivity contribution is 5.83. The van der Waals surface area contributed by atoms with E-state index in [0.717, 1.165) is 11.5 Å². The van der Waals surface area contributed by atoms with E-state index < -0.39 is 5.97 Å². The van der Waals surface area contributed by atoms with Crippen LogP contribution in [0.15, 0.2) is 49.2 Å². The lowest BCUT2D eigenvalue weighted by Gasteiger charge is -1.96. The maximum absolute atomic E-state index is 9.31. The van der Waals surface area contributed by atoms with Gasteiger partial charge in [0, 0.05) is 17.7 Å². The molecule has 1 aromatic carbocycles. The highest BCUT2D eigenvalue weighted by Crippen LogP contribution is 2.20. The largest absolute Gasteiger partial charge is 0.506 e. The maximum Gasteiger partial charge on any atom is 0.327 e. The molecule has 0 saturated heterocycles. The van der Waals surface area contributed by atoms with Crippen LogP contribution in [0.25, 0.3) is 10.9 Å². The Morgan fingerprint density at radius 2 is 1.94 bits per heavy atom. The third-order valence-electron chi connectivity index (χ3n) is 1.79. The number of rotatable bonds is 1. The molecule has 0 spiro atoms. The summed E-state index contributed by atoms with van der Waals surface area (Å²) in [5.74, 6) is -0.742. The van der Waals surface area contributed by atoms with E-state index in [0.29, 0.717) is 5.52 Å². The predicted octanol–water partition coefficient (Wildman–Crippen LogP) is 2.20. The zero-order valence-electron chi connectivity index (χ0n) is 8.50. The zero-order chi connectivity index (χ0) is 12.0. The Balaban J connectivity index is 0.000000221. The minimum Gasteiger partial charge on any atom is -0.506 e. The molecular formula is C12H11NO3. The number of carbonyl (C=O) groups is 1. The minimum atomic E-state index is -0.981. The molecule has 82 valence electrons. The molecule has 4 nitrogen and oxygen atoms in total. The molecule has 2 N–H and O–H groups in total. The van der Waals surface area contributed by atoms with Crippen LogP contribution in [0.3, 0.4) is 0 Å². The Bertz CT molecular complexity index is 503. The van der Waals surface area contributed by atoms with Crippen LogP contribution in [0.2, 0.25) is 0 Å². The number of phenolic OH excluding ortho intramolecular Hbond substituents is 1. The van der Waals surface area contributed by atoms with Gasteiger partial charge in [-0.2, -0.15) is 0 Å². The molecule has 0 fully saturated rings. The first-order chi connectivity index (χ1) is 7.65. The molecule has 0 amide bonds. The number of para-hydroxylation sites is 1. The first kappa shape index (κ1) is 11.7. The Kier molecular flexibility index (Phi) is 4.03. The van der Waals surface area contributed by atoms with Crippen LogP contribution in [-0.4, -0.2) is 21.2 Å². The van der Waals surface area contributed by atoms with Crippen LogP contribution in [-0.2, 0) is 4.79 Å². The monoisotopic (exact) mass is 217 g/mol. The molecule has 0 atom stereocenters. The van der Waals surface area contributed by atoms with Gasteiger partial charge in [-0.05, 0) is 12.1 Å². The van der Waals surface area contributed by atoms with E-state index in [1.165, 1.54) is 0 Å². The van der Waals surface area contributed by atoms with Crippen molar-refractivity contribution in [1.29, 1.82) is 0 Å². The van der Waals surface area contributed by atoms with Gasteiger partial charge in [-0.25, -0.2) is 4.79 Å². The van der Waals surface area contributed by atoms with Gasteiger partial charge in [0.2, 0.25) is 0 Å². The number of nitrogens with zero attached hydrogens (tertiary/aromatic N) is 1. The van der Waals surface area contributed by atoms with E-state index in [9.17, 15) is 9.90 Å². The first-order valence-corrected chi connectivity index (χ1v) is 4.53. The van der Waals surface area contributed by atoms with Gasteiger partial charge in [-0.3, -0.25) is 4.98 Å². The number of hydrogen-bond acceptors (Lipinski definition) is 3. The molecule has 2 aromatic rings. The van der Waals surface area contributed by atoms with E-state index in [-0.39, 0.29) is 5.75 Å². The maximum atomic E-state index is 9.31. The second kappa shape index (κ2) is 5.50. The zero-order valence-corrected chi connectivity index (χ0v) is 8.50. The lowest BCUT2D eigenvalue weighted by molar-refractivity contribution is -0.131. The summed E-state index contributed by atoms with van der Waals surface area (Å²) >= 11 is 0. The lowest BCUT2D eigenvalue weighted by atomic mass is 10.2. The number of hydrogen-bond donors (Lipinski definition) is 2. The van der Waals surface area contributed by atoms with Crippen molar-refractivity contribution in [3.8, 4) is 5.75 Å². The highest BCUT2D eigenvalue weighted by Gasteiger charge is 1.96. The van der Waals surface area contributed by atoms with Crippen molar-refractivity contribution < 1.29 is 15.0 Å². The van der Waals surface area contributed by atoms with Crippen molar-refractivity contribution >= 4 is 16.9 Å². The summed E-state index contributed by atoms with van der Waals surface area (Å²) in [6.45, 7) is 2.96. The van der Waals surface area contributed by atoms with Gasteiger partial charge in [-0.1, -0.05) is 24.8 Å². The summed E-state index contributed by atoms with van der Waals surface area (Å²) in [6, 6.07) is 9.13. The average molecular weight is 217 g/mol. The fourth-order valence-electron chi connectivity index (χ4n) is 1.09. The number of benzene rings is 1. The van der Waals surface area contributed by atoms with Crippen LogP contribution in [0.4, 0.5) is 0 Å². The Morgan fingerprint density at radius 3 is 2.50 bits per heavy atom. The molecule has 1 heterocycles. The SMILES string of the molecule is C=CC(=O)O.Oc1cccc2cccnc12. The molecule has 0 aliphatic carbocycles. The summed E-state index contributed by atoms with van der Waals surface area (Å²) in [7, 11) is 0. The van der Waals surface area contributed by atoms with Gasteiger partial charge in [0.05, 0.1) is 0 Å². The second-order valence-corrected chi connectivity index (χ2v) is 2.89. The number of aromatic hydroxyl groups is 1. The molecule has 0 aliphatic heterocycles. The Hall–Kier alpha value is -2.36. The Morgan fingerprint density at radius 1 is 1.31 bits per heavy atom. The fraction of sp³-hybridized carbons (Fsp3) is 0. The van der Waals surface area contributed by atoms with Crippen molar-refractivity contribution in [3.05, 3.63) is 49.2 Å². The molecule has 2 rings (SSSR count). The molecule has 1 aromatic heterocycles. The average Bonchev–Trinajstić information content (AvgIpc) is 2.30. The van der Waals surface area contributed by atoms with Gasteiger partial charge >= 0.3 is 5.97 Å². The van der Waals surface area contributed by atoms with E-state index >= 15 is 0 Å². The summed E-state index contributed by atoms with van der Waals surface area (Å²) in [6.07, 6.45) is 2.50. The van der Waals surface area contributed by atoms with Gasteiger partial charge in [-0.15, -0.1) is 0 Å². The van der Waals surface area contributed by atoms with E-state index in [1.807, 2.05) is 18.2 Å². The molecule has 0 bridgehead atoms. The van der Waals surface area contributed by atoms with Gasteiger partial charge in [0.1, 0.15) is 11.3 Å². The first-order valence-electron chi connectivity index (χ1n) is 4.53. The molecule has 0 aliphatic rings. The smallest absolute Gasteiger partial charge is 0.327 e. The van der Waals surface area contributed by atoms with Crippen LogP contribution in [0, 0.1) is 0 Å². The highest BCUT2D eigenvalue weighted by atomic mass is 16.4. The van der Waals surface area contributed by atoms with E-state index in [2.05, 4.69) is 11.6 Å². The van der Waals surface area contributed by atoms with Crippen LogP contribution in [0.1, 0.15) is 0 Å². The summed E-state index contributed by atoms with van der Waals surface area (Å²) < 4.78 is 0. The third-order valence-corrected chi connectivity index (χ3v) is 1.79. The van der Waals surface area contributed by atoms with E-state index in [4.69, 9.17) is 5.11 Å². The van der Waals surface area contributed by atoms with Gasteiger partial charge in [0.25, 0.3) is 0 Å².